The normalized spacial score (nSPS) is 42.2. The van der Waals surface area contributed by atoms with Crippen molar-refractivity contribution in [1.82, 2.24) is 9.97 Å². The van der Waals surface area contributed by atoms with E-state index in [1.807, 2.05) is 0 Å². The van der Waals surface area contributed by atoms with E-state index >= 15 is 0 Å². The molecule has 37 heavy (non-hydrogen) atoms. The Balaban J connectivity index is 1.17. The van der Waals surface area contributed by atoms with Gasteiger partial charge in [0.25, 0.3) is 0 Å². The van der Waals surface area contributed by atoms with E-state index in [0.29, 0.717) is 46.8 Å². The van der Waals surface area contributed by atoms with Crippen LogP contribution in [0.3, 0.4) is 0 Å². The van der Waals surface area contributed by atoms with Crippen LogP contribution in [0.2, 0.25) is 0 Å². The lowest BCUT2D eigenvalue weighted by atomic mass is 9.43. The summed E-state index contributed by atoms with van der Waals surface area (Å²) in [7, 11) is 0. The number of aliphatic hydroxyl groups is 2. The highest BCUT2D eigenvalue weighted by molar-refractivity contribution is 5.78. The number of halogens is 2. The summed E-state index contributed by atoms with van der Waals surface area (Å²) in [5, 5.41) is 21.9. The number of fused-ring (bicyclic) bond motifs is 6. The zero-order valence-electron chi connectivity index (χ0n) is 22.5. The Morgan fingerprint density at radius 1 is 1.00 bits per heavy atom. The van der Waals surface area contributed by atoms with Crippen molar-refractivity contribution in [1.29, 1.82) is 0 Å². The first-order chi connectivity index (χ1) is 17.6. The van der Waals surface area contributed by atoms with Gasteiger partial charge in [-0.2, -0.15) is 0 Å². The van der Waals surface area contributed by atoms with E-state index in [2.05, 4.69) is 30.7 Å². The summed E-state index contributed by atoms with van der Waals surface area (Å²) in [5.74, 6) is 2.00. The SMILES string of the molecule is C[C@H](CCc1ncc2c(F)c(F)ccc2n1)[C@H]1CC[C@H]2[C@H]3C(CC[C@]12C)[C@@]1(C)CC[C@@H](O)C[C@H]1C[C@H]3O. The summed E-state index contributed by atoms with van der Waals surface area (Å²) in [5.41, 5.74) is 0.949. The highest BCUT2D eigenvalue weighted by atomic mass is 19.2. The van der Waals surface area contributed by atoms with Gasteiger partial charge in [-0.25, -0.2) is 18.7 Å². The van der Waals surface area contributed by atoms with Crippen LogP contribution in [0.15, 0.2) is 18.3 Å². The van der Waals surface area contributed by atoms with Crippen LogP contribution in [0.5, 0.6) is 0 Å². The number of aliphatic hydroxyl groups excluding tert-OH is 2. The summed E-state index contributed by atoms with van der Waals surface area (Å²) < 4.78 is 27.6. The first-order valence-electron chi connectivity index (χ1n) is 14.6. The van der Waals surface area contributed by atoms with E-state index in [1.165, 1.54) is 37.9 Å². The third kappa shape index (κ3) is 4.04. The first kappa shape index (κ1) is 25.6. The molecule has 202 valence electrons. The Labute approximate surface area is 219 Å². The highest BCUT2D eigenvalue weighted by Gasteiger charge is 2.62. The zero-order chi connectivity index (χ0) is 26.1. The van der Waals surface area contributed by atoms with E-state index in [1.54, 1.807) is 0 Å². The molecule has 6 heteroatoms. The molecule has 0 aliphatic heterocycles. The first-order valence-corrected chi connectivity index (χ1v) is 14.6. The smallest absolute Gasteiger partial charge is 0.169 e. The summed E-state index contributed by atoms with van der Waals surface area (Å²) in [4.78, 5) is 8.87. The molecule has 1 unspecified atom stereocenters. The van der Waals surface area contributed by atoms with Gasteiger partial charge in [0.2, 0.25) is 0 Å². The predicted molar refractivity (Wildman–Crippen MR) is 140 cm³/mol. The standard InChI is InChI=1S/C31H42F2N2O2/c1-17(4-9-27-34-16-20-25(35-27)8-7-24(32)29(20)33)21-5-6-22-28-23(11-13-31(21,22)3)30(2)12-10-19(36)14-18(30)15-26(28)37/h7-8,16-19,21-23,26,28,36-37H,4-6,9-15H2,1-3H3/t17-,18+,19-,21-,22+,23?,26-,28+,30+,31-/m1/s1. The maximum Gasteiger partial charge on any atom is 0.169 e. The van der Waals surface area contributed by atoms with Crippen molar-refractivity contribution < 1.29 is 19.0 Å². The average Bonchev–Trinajstić information content (AvgIpc) is 3.23. The minimum atomic E-state index is -0.882. The molecule has 0 radical (unpaired) electrons. The summed E-state index contributed by atoms with van der Waals surface area (Å²) in [6.45, 7) is 7.32. The van der Waals surface area contributed by atoms with Crippen molar-refractivity contribution in [2.75, 3.05) is 0 Å². The number of rotatable bonds is 4. The number of benzene rings is 1. The van der Waals surface area contributed by atoms with Crippen LogP contribution in [0.1, 0.15) is 84.4 Å². The number of aryl methyl sites for hydroxylation is 1. The molecule has 4 fully saturated rings. The molecule has 0 saturated heterocycles. The summed E-state index contributed by atoms with van der Waals surface area (Å²) >= 11 is 0. The van der Waals surface area contributed by atoms with Crippen LogP contribution < -0.4 is 0 Å². The largest absolute Gasteiger partial charge is 0.393 e. The number of nitrogens with zero attached hydrogens (tertiary/aromatic N) is 2. The molecule has 0 amide bonds. The van der Waals surface area contributed by atoms with Crippen LogP contribution in [0, 0.1) is 58.0 Å². The Hall–Kier alpha value is -1.66. The number of hydrogen-bond donors (Lipinski definition) is 2. The van der Waals surface area contributed by atoms with E-state index in [0.717, 1.165) is 44.6 Å². The van der Waals surface area contributed by atoms with Crippen molar-refractivity contribution in [3.63, 3.8) is 0 Å². The molecule has 6 rings (SSSR count). The Morgan fingerprint density at radius 3 is 2.57 bits per heavy atom. The van der Waals surface area contributed by atoms with Gasteiger partial charge in [-0.3, -0.25) is 0 Å². The fourth-order valence-electron chi connectivity index (χ4n) is 9.94. The Kier molecular flexibility index (Phi) is 6.38. The van der Waals surface area contributed by atoms with Gasteiger partial charge in [0.15, 0.2) is 11.6 Å². The van der Waals surface area contributed by atoms with Crippen molar-refractivity contribution in [3.05, 3.63) is 35.8 Å². The van der Waals surface area contributed by atoms with Crippen molar-refractivity contribution in [3.8, 4) is 0 Å². The van der Waals surface area contributed by atoms with E-state index in [-0.39, 0.29) is 28.4 Å². The van der Waals surface area contributed by atoms with E-state index in [9.17, 15) is 19.0 Å². The van der Waals surface area contributed by atoms with Crippen LogP contribution in [0.4, 0.5) is 8.78 Å². The molecular weight excluding hydrogens is 470 g/mol. The molecule has 0 spiro atoms. The molecule has 1 aromatic heterocycles. The van der Waals surface area contributed by atoms with Crippen molar-refractivity contribution >= 4 is 10.9 Å². The fourth-order valence-corrected chi connectivity index (χ4v) is 9.94. The fraction of sp³-hybridized carbons (Fsp3) is 0.742. The van der Waals surface area contributed by atoms with Gasteiger partial charge in [-0.05, 0) is 116 Å². The van der Waals surface area contributed by atoms with Gasteiger partial charge in [0, 0.05) is 12.6 Å². The predicted octanol–water partition coefficient (Wildman–Crippen LogP) is 6.47. The highest BCUT2D eigenvalue weighted by Crippen LogP contribution is 2.68. The lowest BCUT2D eigenvalue weighted by Gasteiger charge is -2.62. The maximum atomic E-state index is 14.0. The average molecular weight is 513 g/mol. The quantitative estimate of drug-likeness (QED) is 0.493. The molecule has 0 bridgehead atoms. The molecule has 2 N–H and O–H groups in total. The molecule has 1 aromatic carbocycles. The number of hydrogen-bond acceptors (Lipinski definition) is 4. The van der Waals surface area contributed by atoms with Gasteiger partial charge in [0.05, 0.1) is 23.1 Å². The second-order valence-electron chi connectivity index (χ2n) is 13.5. The van der Waals surface area contributed by atoms with Crippen LogP contribution >= 0.6 is 0 Å². The van der Waals surface area contributed by atoms with Gasteiger partial charge >= 0.3 is 0 Å². The Morgan fingerprint density at radius 2 is 1.76 bits per heavy atom. The lowest BCUT2D eigenvalue weighted by Crippen LogP contribution is -2.58. The lowest BCUT2D eigenvalue weighted by molar-refractivity contribution is -0.174. The minimum absolute atomic E-state index is 0.133. The molecule has 4 nitrogen and oxygen atoms in total. The molecule has 4 saturated carbocycles. The summed E-state index contributed by atoms with van der Waals surface area (Å²) in [6, 6.07) is 2.65. The Bertz CT molecular complexity index is 1180. The molecule has 4 aliphatic rings. The molecule has 2 aromatic rings. The van der Waals surface area contributed by atoms with E-state index in [4.69, 9.17) is 0 Å². The van der Waals surface area contributed by atoms with Crippen LogP contribution in [0.25, 0.3) is 10.9 Å². The second kappa shape index (κ2) is 9.22. The third-order valence-electron chi connectivity index (χ3n) is 11.9. The monoisotopic (exact) mass is 512 g/mol. The minimum Gasteiger partial charge on any atom is -0.393 e. The van der Waals surface area contributed by atoms with Gasteiger partial charge < -0.3 is 10.2 Å². The zero-order valence-corrected chi connectivity index (χ0v) is 22.5. The number of aromatic nitrogens is 2. The molecule has 4 aliphatic carbocycles. The third-order valence-corrected chi connectivity index (χ3v) is 11.9. The second-order valence-corrected chi connectivity index (χ2v) is 13.5. The van der Waals surface area contributed by atoms with Crippen LogP contribution in [-0.2, 0) is 6.42 Å². The van der Waals surface area contributed by atoms with Gasteiger partial charge in [0.1, 0.15) is 5.82 Å². The van der Waals surface area contributed by atoms with Gasteiger partial charge in [-0.15, -0.1) is 0 Å². The molecule has 10 atom stereocenters. The maximum absolute atomic E-state index is 14.0. The van der Waals surface area contributed by atoms with Crippen molar-refractivity contribution in [2.45, 2.75) is 97.2 Å². The summed E-state index contributed by atoms with van der Waals surface area (Å²) in [6.07, 6.45) is 11.2. The topological polar surface area (TPSA) is 66.2 Å². The molecular formula is C31H42F2N2O2. The van der Waals surface area contributed by atoms with E-state index < -0.39 is 11.6 Å². The van der Waals surface area contributed by atoms with Crippen LogP contribution in [-0.4, -0.2) is 32.4 Å². The molecule has 1 heterocycles. The van der Waals surface area contributed by atoms with Crippen molar-refractivity contribution in [2.24, 2.45) is 46.3 Å². The van der Waals surface area contributed by atoms with Gasteiger partial charge in [-0.1, -0.05) is 20.8 Å².